The van der Waals surface area contributed by atoms with E-state index in [0.717, 1.165) is 42.9 Å². The molecule has 0 amide bonds. The fourth-order valence-corrected chi connectivity index (χ4v) is 5.93. The second-order valence-electron chi connectivity index (χ2n) is 11.6. The normalized spacial score (nSPS) is 12.8. The minimum atomic E-state index is -0.454. The molecule has 0 saturated carbocycles. The summed E-state index contributed by atoms with van der Waals surface area (Å²) in [6.45, 7) is 30.8. The van der Waals surface area contributed by atoms with Gasteiger partial charge in [0.05, 0.1) is 11.4 Å². The summed E-state index contributed by atoms with van der Waals surface area (Å²) >= 11 is 0. The molecule has 12 heteroatoms. The highest BCUT2D eigenvalue weighted by Crippen LogP contribution is 2.36. The van der Waals surface area contributed by atoms with Crippen LogP contribution in [0.15, 0.2) is 65.7 Å². The number of benzene rings is 1. The third-order valence-electron chi connectivity index (χ3n) is 8.24. The molecular weight excluding hydrogens is 663 g/mol. The Morgan fingerprint density at radius 3 is 1.62 bits per heavy atom. The fourth-order valence-electron chi connectivity index (χ4n) is 5.93. The molecule has 12 nitrogen and oxygen atoms in total. The van der Waals surface area contributed by atoms with Crippen molar-refractivity contribution in [3.63, 3.8) is 0 Å². The van der Waals surface area contributed by atoms with Gasteiger partial charge in [0.1, 0.15) is 0 Å². The Morgan fingerprint density at radius 2 is 1.15 bits per heavy atom. The third kappa shape index (κ3) is 8.80. The summed E-state index contributed by atoms with van der Waals surface area (Å²) in [4.78, 5) is 50.9. The van der Waals surface area contributed by atoms with Crippen LogP contribution < -0.4 is 10.5 Å². The van der Waals surface area contributed by atoms with Crippen molar-refractivity contribution in [2.24, 2.45) is 0 Å². The molecule has 4 aromatic heterocycles. The van der Waals surface area contributed by atoms with E-state index in [2.05, 4.69) is 66.3 Å². The molecule has 0 bridgehead atoms. The first-order chi connectivity index (χ1) is 25.5. The molecule has 0 fully saturated rings. The Hall–Kier alpha value is -7.54. The molecule has 0 aliphatic carbocycles. The van der Waals surface area contributed by atoms with Crippen molar-refractivity contribution in [3.05, 3.63) is 162 Å². The highest BCUT2D eigenvalue weighted by atomic mass is 16.1. The van der Waals surface area contributed by atoms with Crippen molar-refractivity contribution in [2.45, 2.75) is 33.1 Å². The molecule has 5 aromatic rings. The number of aryl methyl sites for hydroxylation is 2. The molecule has 0 saturated heterocycles. The lowest BCUT2D eigenvalue weighted by Gasteiger charge is -2.37. The zero-order valence-electron chi connectivity index (χ0n) is 27.9. The van der Waals surface area contributed by atoms with Crippen LogP contribution in [0, 0.1) is 26.3 Å². The van der Waals surface area contributed by atoms with Crippen molar-refractivity contribution >= 4 is 65.4 Å². The summed E-state index contributed by atoms with van der Waals surface area (Å²) in [5.41, 5.74) is 7.39. The largest absolute Gasteiger partial charge is 0.373 e. The van der Waals surface area contributed by atoms with Crippen LogP contribution in [0.3, 0.4) is 0 Å². The highest BCUT2D eigenvalue weighted by molar-refractivity contribution is 5.78. The number of pyridine rings is 2. The number of aromatic amines is 1. The molecular formula is C41H33N11O. The predicted molar refractivity (Wildman–Crippen MR) is 209 cm³/mol. The van der Waals surface area contributed by atoms with Crippen LogP contribution in [0.2, 0.25) is 0 Å². The summed E-state index contributed by atoms with van der Waals surface area (Å²) in [6, 6.07) is 15.5. The molecule has 0 unspecified atom stereocenters. The fraction of sp³-hybridized carbons (Fsp3) is 0.171. The Morgan fingerprint density at radius 1 is 0.642 bits per heavy atom. The van der Waals surface area contributed by atoms with Crippen molar-refractivity contribution < 1.29 is 0 Å². The van der Waals surface area contributed by atoms with Gasteiger partial charge in [-0.25, -0.2) is 4.79 Å². The molecule has 1 N–H and O–H groups in total. The van der Waals surface area contributed by atoms with E-state index in [9.17, 15) is 4.79 Å². The molecule has 0 atom stereocenters. The first kappa shape index (κ1) is 36.7. The van der Waals surface area contributed by atoms with Crippen molar-refractivity contribution in [2.75, 3.05) is 18.0 Å². The topological polar surface area (TPSA) is 118 Å². The average Bonchev–Trinajstić information content (AvgIpc) is 3.19. The van der Waals surface area contributed by atoms with Gasteiger partial charge in [-0.1, -0.05) is 51.9 Å². The molecule has 6 heterocycles. The van der Waals surface area contributed by atoms with E-state index in [1.807, 2.05) is 42.5 Å². The highest BCUT2D eigenvalue weighted by Gasteiger charge is 2.24. The molecule has 7 rings (SSSR count). The Bertz CT molecular complexity index is 2320. The number of anilines is 1. The number of H-pyrrole nitrogens is 1. The SMILES string of the molecule is C.[C-]#[N+]c1nc(/C=C/c2cc3c4c(c2)CCCN4CCC3)c(=O)[nH]c1[N+]#[C-].[C-]#[N+]c1nc(/C=C/c2ccccn2)c(/C=C/c2ccccn2)nc1[N+]#[C-]. The molecule has 0 radical (unpaired) electrons. The van der Waals surface area contributed by atoms with E-state index < -0.39 is 5.56 Å². The summed E-state index contributed by atoms with van der Waals surface area (Å²) in [5.74, 6) is -0.220. The van der Waals surface area contributed by atoms with Gasteiger partial charge in [0, 0.05) is 31.2 Å². The Labute approximate surface area is 307 Å². The lowest BCUT2D eigenvalue weighted by molar-refractivity contribution is 0.634. The molecule has 2 aliphatic heterocycles. The van der Waals surface area contributed by atoms with E-state index in [4.69, 9.17) is 26.3 Å². The van der Waals surface area contributed by atoms with Gasteiger partial charge in [0.15, 0.2) is 0 Å². The maximum absolute atomic E-state index is 12.1. The third-order valence-corrected chi connectivity index (χ3v) is 8.24. The summed E-state index contributed by atoms with van der Waals surface area (Å²) in [6.07, 6.45) is 18.4. The minimum Gasteiger partial charge on any atom is -0.373 e. The number of rotatable bonds is 6. The maximum atomic E-state index is 12.1. The van der Waals surface area contributed by atoms with Crippen LogP contribution in [0.25, 0.3) is 55.8 Å². The molecule has 2 aliphatic rings. The van der Waals surface area contributed by atoms with E-state index in [1.165, 1.54) is 29.7 Å². The molecule has 258 valence electrons. The quantitative estimate of drug-likeness (QED) is 0.176. The van der Waals surface area contributed by atoms with Gasteiger partial charge >= 0.3 is 5.56 Å². The van der Waals surface area contributed by atoms with Crippen LogP contribution in [0.1, 0.15) is 65.4 Å². The van der Waals surface area contributed by atoms with Gasteiger partial charge in [-0.15, -0.1) is 15.0 Å². The van der Waals surface area contributed by atoms with Crippen molar-refractivity contribution in [3.8, 4) is 0 Å². The van der Waals surface area contributed by atoms with Crippen LogP contribution >= 0.6 is 0 Å². The van der Waals surface area contributed by atoms with E-state index >= 15 is 0 Å². The lowest BCUT2D eigenvalue weighted by atomic mass is 9.90. The molecule has 0 spiro atoms. The number of hydrogen-bond donors (Lipinski definition) is 1. The van der Waals surface area contributed by atoms with Crippen LogP contribution in [-0.4, -0.2) is 43.0 Å². The standard InChI is InChI=1S/C20H12N6.C20H17N5O.CH4/c1-21-19-20(22-2)26-18(12-10-16-8-4-6-14-24-16)17(25-19)11-9-15-7-3-5-13-23-15;1-21-18-19(22-2)24-20(26)16(23-18)8-7-13-11-14-5-3-9-25-10-4-6-15(12-13)17(14)25;/h3-14H;7-8,11-12H,3-6,9-10H2,(H,24,26);1H4/b11-9+,12-10+;8-7+;. The number of aromatic nitrogens is 6. The van der Waals surface area contributed by atoms with Crippen molar-refractivity contribution in [1.82, 2.24) is 29.9 Å². The summed E-state index contributed by atoms with van der Waals surface area (Å²) in [5, 5.41) is 0. The zero-order chi connectivity index (χ0) is 36.3. The second-order valence-corrected chi connectivity index (χ2v) is 11.6. The number of hydrogen-bond acceptors (Lipinski definition) is 7. The van der Waals surface area contributed by atoms with Crippen LogP contribution in [-0.2, 0) is 12.8 Å². The average molecular weight is 696 g/mol. The van der Waals surface area contributed by atoms with Gasteiger partial charge in [-0.3, -0.25) is 15.0 Å². The minimum absolute atomic E-state index is 0. The molecule has 53 heavy (non-hydrogen) atoms. The molecule has 1 aromatic carbocycles. The van der Waals surface area contributed by atoms with Gasteiger partial charge in [0.2, 0.25) is 17.1 Å². The van der Waals surface area contributed by atoms with E-state index in [1.54, 1.807) is 42.8 Å². The Balaban J connectivity index is 0.000000201. The predicted octanol–water partition coefficient (Wildman–Crippen LogP) is 9.09. The maximum Gasteiger partial charge on any atom is 0.365 e. The first-order valence-electron chi connectivity index (χ1n) is 16.3. The van der Waals surface area contributed by atoms with Crippen LogP contribution in [0.5, 0.6) is 0 Å². The number of nitrogens with one attached hydrogen (secondary N) is 1. The Kier molecular flexibility index (Phi) is 12.1. The van der Waals surface area contributed by atoms with Gasteiger partial charge in [-0.05, 0) is 109 Å². The smallest absolute Gasteiger partial charge is 0.365 e. The van der Waals surface area contributed by atoms with Gasteiger partial charge in [0.25, 0.3) is 23.3 Å². The van der Waals surface area contributed by atoms with Gasteiger partial charge < -0.3 is 24.3 Å². The monoisotopic (exact) mass is 695 g/mol. The van der Waals surface area contributed by atoms with E-state index in [0.29, 0.717) is 11.4 Å². The first-order valence-corrected chi connectivity index (χ1v) is 16.3. The van der Waals surface area contributed by atoms with E-state index in [-0.39, 0.29) is 36.4 Å². The lowest BCUT2D eigenvalue weighted by Crippen LogP contribution is -2.34. The zero-order valence-corrected chi connectivity index (χ0v) is 27.9. The van der Waals surface area contributed by atoms with Gasteiger partial charge in [-0.2, -0.15) is 0 Å². The van der Waals surface area contributed by atoms with Crippen molar-refractivity contribution in [1.29, 1.82) is 0 Å². The second kappa shape index (κ2) is 17.4. The number of nitrogens with zero attached hydrogens (tertiary/aromatic N) is 10. The van der Waals surface area contributed by atoms with Crippen LogP contribution in [0.4, 0.5) is 29.0 Å². The summed E-state index contributed by atoms with van der Waals surface area (Å²) in [7, 11) is 0. The summed E-state index contributed by atoms with van der Waals surface area (Å²) < 4.78 is 0.